The molecule has 1 atom stereocenters. The summed E-state index contributed by atoms with van der Waals surface area (Å²) >= 11 is 0. The fourth-order valence-electron chi connectivity index (χ4n) is 2.24. The molecule has 2 aromatic heterocycles. The molecule has 0 radical (unpaired) electrons. The van der Waals surface area contributed by atoms with E-state index in [2.05, 4.69) is 33.6 Å². The molecular formula is C14H20N4. The molecule has 96 valence electrons. The summed E-state index contributed by atoms with van der Waals surface area (Å²) < 4.78 is 1.84. The van der Waals surface area contributed by atoms with Crippen molar-refractivity contribution in [2.75, 3.05) is 7.05 Å². The van der Waals surface area contributed by atoms with E-state index in [4.69, 9.17) is 0 Å². The third-order valence-corrected chi connectivity index (χ3v) is 3.04. The standard InChI is InChI=1S/C14H20N4/c1-10-7-12(8-11(2)16-10)14(15-3)9-13-5-6-18(4)17-13/h5-8,14-15H,9H2,1-4H3. The number of likely N-dealkylation sites (N-methyl/N-ethyl adjacent to an activating group) is 1. The zero-order valence-corrected chi connectivity index (χ0v) is 11.4. The number of rotatable bonds is 4. The van der Waals surface area contributed by atoms with Gasteiger partial charge in [0.25, 0.3) is 0 Å². The second kappa shape index (κ2) is 5.31. The summed E-state index contributed by atoms with van der Waals surface area (Å²) in [5.41, 5.74) is 4.50. The largest absolute Gasteiger partial charge is 0.313 e. The van der Waals surface area contributed by atoms with Gasteiger partial charge >= 0.3 is 0 Å². The van der Waals surface area contributed by atoms with Gasteiger partial charge in [-0.2, -0.15) is 5.10 Å². The first kappa shape index (κ1) is 12.8. The molecule has 0 saturated heterocycles. The fourth-order valence-corrected chi connectivity index (χ4v) is 2.24. The van der Waals surface area contributed by atoms with Crippen LogP contribution in [0, 0.1) is 13.8 Å². The van der Waals surface area contributed by atoms with Crippen LogP contribution >= 0.6 is 0 Å². The maximum Gasteiger partial charge on any atom is 0.0643 e. The fraction of sp³-hybridized carbons (Fsp3) is 0.429. The molecule has 0 saturated carbocycles. The van der Waals surface area contributed by atoms with E-state index in [-0.39, 0.29) is 6.04 Å². The summed E-state index contributed by atoms with van der Waals surface area (Å²) in [6.45, 7) is 4.06. The van der Waals surface area contributed by atoms with E-state index >= 15 is 0 Å². The highest BCUT2D eigenvalue weighted by molar-refractivity contribution is 5.25. The van der Waals surface area contributed by atoms with Crippen LogP contribution in [0.4, 0.5) is 0 Å². The van der Waals surface area contributed by atoms with Crippen LogP contribution in [-0.4, -0.2) is 21.8 Å². The molecule has 0 aliphatic heterocycles. The van der Waals surface area contributed by atoms with Gasteiger partial charge in [0, 0.05) is 37.1 Å². The Morgan fingerprint density at radius 3 is 2.44 bits per heavy atom. The molecule has 2 heterocycles. The Hall–Kier alpha value is -1.68. The van der Waals surface area contributed by atoms with E-state index in [1.54, 1.807) is 0 Å². The van der Waals surface area contributed by atoms with Gasteiger partial charge in [0.15, 0.2) is 0 Å². The zero-order chi connectivity index (χ0) is 13.1. The van der Waals surface area contributed by atoms with Gasteiger partial charge in [0.2, 0.25) is 0 Å². The predicted octanol–water partition coefficient (Wildman–Crippen LogP) is 1.94. The molecule has 0 bridgehead atoms. The van der Waals surface area contributed by atoms with E-state index in [1.807, 2.05) is 38.8 Å². The number of hydrogen-bond acceptors (Lipinski definition) is 3. The van der Waals surface area contributed by atoms with Crippen LogP contribution in [0.5, 0.6) is 0 Å². The monoisotopic (exact) mass is 244 g/mol. The molecule has 2 aromatic rings. The van der Waals surface area contributed by atoms with Crippen molar-refractivity contribution in [3.8, 4) is 0 Å². The van der Waals surface area contributed by atoms with Crippen molar-refractivity contribution in [1.82, 2.24) is 20.1 Å². The lowest BCUT2D eigenvalue weighted by molar-refractivity contribution is 0.575. The lowest BCUT2D eigenvalue weighted by Gasteiger charge is -2.16. The van der Waals surface area contributed by atoms with Crippen molar-refractivity contribution in [2.45, 2.75) is 26.3 Å². The predicted molar refractivity (Wildman–Crippen MR) is 72.4 cm³/mol. The average Bonchev–Trinajstić information content (AvgIpc) is 2.70. The highest BCUT2D eigenvalue weighted by atomic mass is 15.2. The summed E-state index contributed by atoms with van der Waals surface area (Å²) in [5, 5.41) is 7.78. The van der Waals surface area contributed by atoms with Gasteiger partial charge in [-0.1, -0.05) is 0 Å². The number of nitrogens with one attached hydrogen (secondary N) is 1. The summed E-state index contributed by atoms with van der Waals surface area (Å²) in [6.07, 6.45) is 2.87. The van der Waals surface area contributed by atoms with E-state index in [0.717, 1.165) is 23.5 Å². The molecule has 0 aromatic carbocycles. The third kappa shape index (κ3) is 2.96. The van der Waals surface area contributed by atoms with Crippen LogP contribution in [-0.2, 0) is 13.5 Å². The second-order valence-corrected chi connectivity index (χ2v) is 4.71. The van der Waals surface area contributed by atoms with Gasteiger partial charge in [-0.15, -0.1) is 0 Å². The van der Waals surface area contributed by atoms with Crippen molar-refractivity contribution in [1.29, 1.82) is 0 Å². The van der Waals surface area contributed by atoms with Crippen LogP contribution < -0.4 is 5.32 Å². The first-order valence-corrected chi connectivity index (χ1v) is 6.19. The molecule has 0 aliphatic rings. The first-order valence-electron chi connectivity index (χ1n) is 6.19. The molecule has 0 fully saturated rings. The number of pyridine rings is 1. The Morgan fingerprint density at radius 1 is 1.28 bits per heavy atom. The minimum atomic E-state index is 0.278. The van der Waals surface area contributed by atoms with Crippen molar-refractivity contribution in [3.05, 3.63) is 47.0 Å². The lowest BCUT2D eigenvalue weighted by Crippen LogP contribution is -2.19. The Kier molecular flexibility index (Phi) is 3.77. The number of nitrogens with zero attached hydrogens (tertiary/aromatic N) is 3. The molecule has 18 heavy (non-hydrogen) atoms. The quantitative estimate of drug-likeness (QED) is 0.893. The zero-order valence-electron chi connectivity index (χ0n) is 11.4. The van der Waals surface area contributed by atoms with E-state index < -0.39 is 0 Å². The van der Waals surface area contributed by atoms with Crippen molar-refractivity contribution in [2.24, 2.45) is 7.05 Å². The molecule has 4 heteroatoms. The molecular weight excluding hydrogens is 224 g/mol. The van der Waals surface area contributed by atoms with Crippen molar-refractivity contribution in [3.63, 3.8) is 0 Å². The molecule has 1 unspecified atom stereocenters. The molecule has 0 amide bonds. The minimum absolute atomic E-state index is 0.278. The SMILES string of the molecule is CNC(Cc1ccn(C)n1)c1cc(C)nc(C)c1. The van der Waals surface area contributed by atoms with Gasteiger partial charge in [0.05, 0.1) is 5.69 Å². The maximum atomic E-state index is 4.43. The van der Waals surface area contributed by atoms with Crippen LogP contribution in [0.1, 0.15) is 28.7 Å². The second-order valence-electron chi connectivity index (χ2n) is 4.71. The van der Waals surface area contributed by atoms with Crippen molar-refractivity contribution < 1.29 is 0 Å². The van der Waals surface area contributed by atoms with Crippen molar-refractivity contribution >= 4 is 0 Å². The van der Waals surface area contributed by atoms with Gasteiger partial charge in [0.1, 0.15) is 0 Å². The molecule has 4 nitrogen and oxygen atoms in total. The van der Waals surface area contributed by atoms with Crippen LogP contribution in [0.25, 0.3) is 0 Å². The Bertz CT molecular complexity index is 510. The molecule has 2 rings (SSSR count). The van der Waals surface area contributed by atoms with Crippen LogP contribution in [0.3, 0.4) is 0 Å². The maximum absolute atomic E-state index is 4.43. The Morgan fingerprint density at radius 2 is 1.94 bits per heavy atom. The first-order chi connectivity index (χ1) is 8.58. The number of aryl methyl sites for hydroxylation is 3. The molecule has 1 N–H and O–H groups in total. The lowest BCUT2D eigenvalue weighted by atomic mass is 10.0. The normalized spacial score (nSPS) is 12.7. The smallest absolute Gasteiger partial charge is 0.0643 e. The van der Waals surface area contributed by atoms with Crippen LogP contribution in [0.15, 0.2) is 24.4 Å². The van der Waals surface area contributed by atoms with Gasteiger partial charge in [-0.25, -0.2) is 0 Å². The summed E-state index contributed by atoms with van der Waals surface area (Å²) in [4.78, 5) is 4.41. The summed E-state index contributed by atoms with van der Waals surface area (Å²) in [6, 6.07) is 6.61. The highest BCUT2D eigenvalue weighted by Crippen LogP contribution is 2.18. The molecule has 0 spiro atoms. The van der Waals surface area contributed by atoms with Gasteiger partial charge in [-0.05, 0) is 44.7 Å². The Labute approximate surface area is 108 Å². The highest BCUT2D eigenvalue weighted by Gasteiger charge is 2.12. The van der Waals surface area contributed by atoms with Gasteiger partial charge in [-0.3, -0.25) is 9.67 Å². The number of aromatic nitrogens is 3. The Balaban J connectivity index is 2.22. The van der Waals surface area contributed by atoms with E-state index in [1.165, 1.54) is 5.56 Å². The molecule has 0 aliphatic carbocycles. The number of hydrogen-bond donors (Lipinski definition) is 1. The van der Waals surface area contributed by atoms with E-state index in [0.29, 0.717) is 0 Å². The summed E-state index contributed by atoms with van der Waals surface area (Å²) in [7, 11) is 3.93. The summed E-state index contributed by atoms with van der Waals surface area (Å²) in [5.74, 6) is 0. The topological polar surface area (TPSA) is 42.7 Å². The van der Waals surface area contributed by atoms with Gasteiger partial charge < -0.3 is 5.32 Å². The third-order valence-electron chi connectivity index (χ3n) is 3.04. The minimum Gasteiger partial charge on any atom is -0.313 e. The van der Waals surface area contributed by atoms with E-state index in [9.17, 15) is 0 Å². The average molecular weight is 244 g/mol. The van der Waals surface area contributed by atoms with Crippen LogP contribution in [0.2, 0.25) is 0 Å².